The summed E-state index contributed by atoms with van der Waals surface area (Å²) < 4.78 is 12.3. The molecule has 0 bridgehead atoms. The first kappa shape index (κ1) is 29.9. The van der Waals surface area contributed by atoms with Crippen molar-refractivity contribution in [1.29, 1.82) is 0 Å². The number of carbonyl (C=O) groups excluding carboxylic acids is 1. The maximum atomic E-state index is 12.2. The van der Waals surface area contributed by atoms with Crippen LogP contribution in [0.2, 0.25) is 0 Å². The number of carbonyl (C=O) groups is 1. The number of rotatable bonds is 20. The van der Waals surface area contributed by atoms with Gasteiger partial charge in [-0.3, -0.25) is 4.79 Å². The molecular formula is C32H50NO3+. The normalized spacial score (nSPS) is 11.4. The molecule has 0 radical (unpaired) electrons. The predicted octanol–water partition coefficient (Wildman–Crippen LogP) is 7.74. The molecule has 2 rings (SSSR count). The van der Waals surface area contributed by atoms with Crippen molar-refractivity contribution in [3.63, 3.8) is 0 Å². The van der Waals surface area contributed by atoms with Gasteiger partial charge >= 0.3 is 5.97 Å². The first-order valence-electron chi connectivity index (χ1n) is 14.2. The molecule has 0 saturated heterocycles. The quantitative estimate of drug-likeness (QED) is 0.107. The summed E-state index contributed by atoms with van der Waals surface area (Å²) in [4.78, 5) is 12.2. The van der Waals surface area contributed by atoms with E-state index < -0.39 is 0 Å². The molecule has 0 fully saturated rings. The van der Waals surface area contributed by atoms with Gasteiger partial charge in [0.05, 0.1) is 40.3 Å². The van der Waals surface area contributed by atoms with Crippen LogP contribution < -0.4 is 4.74 Å². The summed E-state index contributed by atoms with van der Waals surface area (Å²) in [5, 5.41) is 0. The van der Waals surface area contributed by atoms with Gasteiger partial charge in [0, 0.05) is 12.0 Å². The van der Waals surface area contributed by atoms with Gasteiger partial charge in [0.2, 0.25) is 0 Å². The highest BCUT2D eigenvalue weighted by atomic mass is 16.5. The van der Waals surface area contributed by atoms with Crippen molar-refractivity contribution in [1.82, 2.24) is 0 Å². The molecule has 200 valence electrons. The average Bonchev–Trinajstić information content (AvgIpc) is 2.87. The van der Waals surface area contributed by atoms with Crippen molar-refractivity contribution >= 4 is 5.97 Å². The van der Waals surface area contributed by atoms with Gasteiger partial charge in [-0.1, -0.05) is 107 Å². The number of hydrogen-bond donors (Lipinski definition) is 0. The van der Waals surface area contributed by atoms with Crippen LogP contribution in [0.1, 0.15) is 88.7 Å². The van der Waals surface area contributed by atoms with E-state index in [1.807, 2.05) is 12.1 Å². The Morgan fingerprint density at radius 2 is 1.39 bits per heavy atom. The number of para-hydroxylation sites is 1. The van der Waals surface area contributed by atoms with Crippen LogP contribution in [0.3, 0.4) is 0 Å². The highest BCUT2D eigenvalue weighted by Gasteiger charge is 2.18. The van der Waals surface area contributed by atoms with E-state index in [1.54, 1.807) is 0 Å². The minimum Gasteiger partial charge on any atom is -0.493 e. The summed E-state index contributed by atoms with van der Waals surface area (Å²) in [6.07, 6.45) is 14.3. The van der Waals surface area contributed by atoms with E-state index in [9.17, 15) is 4.79 Å². The molecular weight excluding hydrogens is 446 g/mol. The molecule has 0 aliphatic carbocycles. The molecule has 2 aromatic carbocycles. The number of ether oxygens (including phenoxy) is 2. The van der Waals surface area contributed by atoms with Crippen molar-refractivity contribution in [3.05, 3.63) is 65.7 Å². The van der Waals surface area contributed by atoms with E-state index >= 15 is 0 Å². The molecule has 0 heterocycles. The van der Waals surface area contributed by atoms with Gasteiger partial charge in [-0.05, 0) is 24.5 Å². The lowest BCUT2D eigenvalue weighted by atomic mass is 10.0. The number of aryl methyl sites for hydroxylation is 1. The molecule has 36 heavy (non-hydrogen) atoms. The van der Waals surface area contributed by atoms with Crippen molar-refractivity contribution in [2.75, 3.05) is 33.9 Å². The van der Waals surface area contributed by atoms with Crippen LogP contribution in [0, 0.1) is 0 Å². The molecule has 2 aromatic rings. The molecule has 0 spiro atoms. The largest absolute Gasteiger partial charge is 0.493 e. The summed E-state index contributed by atoms with van der Waals surface area (Å²) in [5.74, 6) is 0.850. The number of quaternary nitrogens is 1. The zero-order valence-electron chi connectivity index (χ0n) is 23.2. The van der Waals surface area contributed by atoms with Gasteiger partial charge < -0.3 is 14.0 Å². The SMILES string of the molecule is CCCCCCCCCCCc1ccccc1OCCCOC(=O)CC[N+](C)(C)Cc1ccccc1. The summed E-state index contributed by atoms with van der Waals surface area (Å²) in [7, 11) is 4.31. The summed E-state index contributed by atoms with van der Waals surface area (Å²) in [6.45, 7) is 4.91. The minimum atomic E-state index is -0.125. The van der Waals surface area contributed by atoms with Crippen LogP contribution in [0.25, 0.3) is 0 Å². The standard InChI is InChI=1S/C32H50NO3/c1-4-5-6-7-8-9-10-11-15-21-30-22-16-17-23-31(30)35-26-18-27-36-32(34)24-25-33(2,3)28-29-19-13-12-14-20-29/h12-14,16-17,19-20,22-23H,4-11,15,18,21,24-28H2,1-3H3/q+1. The van der Waals surface area contributed by atoms with Gasteiger partial charge in [0.25, 0.3) is 0 Å². The van der Waals surface area contributed by atoms with E-state index in [0.29, 0.717) is 26.1 Å². The fourth-order valence-electron chi connectivity index (χ4n) is 4.53. The van der Waals surface area contributed by atoms with E-state index in [1.165, 1.54) is 68.9 Å². The maximum Gasteiger partial charge on any atom is 0.311 e. The van der Waals surface area contributed by atoms with Gasteiger partial charge in [-0.2, -0.15) is 0 Å². The molecule has 4 nitrogen and oxygen atoms in total. The molecule has 4 heteroatoms. The van der Waals surface area contributed by atoms with Crippen LogP contribution in [0.4, 0.5) is 0 Å². The predicted molar refractivity (Wildman–Crippen MR) is 150 cm³/mol. The van der Waals surface area contributed by atoms with Crippen LogP contribution in [-0.2, 0) is 22.5 Å². The lowest BCUT2D eigenvalue weighted by Gasteiger charge is -2.29. The Labute approximate surface area is 220 Å². The molecule has 0 aromatic heterocycles. The van der Waals surface area contributed by atoms with Crippen molar-refractivity contribution < 1.29 is 18.8 Å². The van der Waals surface area contributed by atoms with Crippen LogP contribution in [0.5, 0.6) is 5.75 Å². The molecule has 0 saturated carbocycles. The molecule has 0 N–H and O–H groups in total. The molecule has 0 aliphatic heterocycles. The lowest BCUT2D eigenvalue weighted by molar-refractivity contribution is -0.903. The Morgan fingerprint density at radius 3 is 2.11 bits per heavy atom. The van der Waals surface area contributed by atoms with Gasteiger partial charge in [-0.25, -0.2) is 0 Å². The Bertz CT molecular complexity index is 834. The molecule has 0 atom stereocenters. The smallest absolute Gasteiger partial charge is 0.311 e. The van der Waals surface area contributed by atoms with E-state index in [-0.39, 0.29) is 5.97 Å². The second-order valence-corrected chi connectivity index (χ2v) is 10.7. The third-order valence-electron chi connectivity index (χ3n) is 6.71. The maximum absolute atomic E-state index is 12.2. The zero-order chi connectivity index (χ0) is 25.9. The minimum absolute atomic E-state index is 0.125. The van der Waals surface area contributed by atoms with Gasteiger partial charge in [0.1, 0.15) is 12.3 Å². The second kappa shape index (κ2) is 18.0. The topological polar surface area (TPSA) is 35.5 Å². The van der Waals surface area contributed by atoms with Crippen molar-refractivity contribution in [2.45, 2.75) is 90.5 Å². The van der Waals surface area contributed by atoms with E-state index in [2.05, 4.69) is 63.5 Å². The Kier molecular flexibility index (Phi) is 14.9. The van der Waals surface area contributed by atoms with E-state index in [4.69, 9.17) is 9.47 Å². The van der Waals surface area contributed by atoms with Crippen molar-refractivity contribution in [3.8, 4) is 5.75 Å². The van der Waals surface area contributed by atoms with Crippen LogP contribution >= 0.6 is 0 Å². The summed E-state index contributed by atoms with van der Waals surface area (Å²) in [5.41, 5.74) is 2.57. The van der Waals surface area contributed by atoms with Crippen molar-refractivity contribution in [2.24, 2.45) is 0 Å². The number of benzene rings is 2. The number of esters is 1. The van der Waals surface area contributed by atoms with Crippen LogP contribution in [-0.4, -0.2) is 44.3 Å². The fourth-order valence-corrected chi connectivity index (χ4v) is 4.53. The van der Waals surface area contributed by atoms with E-state index in [0.717, 1.165) is 29.7 Å². The third-order valence-corrected chi connectivity index (χ3v) is 6.71. The highest BCUT2D eigenvalue weighted by Crippen LogP contribution is 2.21. The first-order valence-corrected chi connectivity index (χ1v) is 14.2. The second-order valence-electron chi connectivity index (χ2n) is 10.7. The molecule has 0 unspecified atom stereocenters. The summed E-state index contributed by atoms with van der Waals surface area (Å²) in [6, 6.07) is 18.8. The fraction of sp³-hybridized carbons (Fsp3) is 0.594. The van der Waals surface area contributed by atoms with Gasteiger partial charge in [-0.15, -0.1) is 0 Å². The number of nitrogens with zero attached hydrogens (tertiary/aromatic N) is 1. The monoisotopic (exact) mass is 496 g/mol. The number of unbranched alkanes of at least 4 members (excludes halogenated alkanes) is 8. The third kappa shape index (κ3) is 13.7. The Hall–Kier alpha value is -2.33. The molecule has 0 aliphatic rings. The Morgan fingerprint density at radius 1 is 0.750 bits per heavy atom. The zero-order valence-corrected chi connectivity index (χ0v) is 23.2. The average molecular weight is 497 g/mol. The molecule has 0 amide bonds. The summed E-state index contributed by atoms with van der Waals surface area (Å²) >= 11 is 0. The lowest BCUT2D eigenvalue weighted by Crippen LogP contribution is -2.40. The van der Waals surface area contributed by atoms with Gasteiger partial charge in [0.15, 0.2) is 0 Å². The van der Waals surface area contributed by atoms with Crippen LogP contribution in [0.15, 0.2) is 54.6 Å². The highest BCUT2D eigenvalue weighted by molar-refractivity contribution is 5.69. The first-order chi connectivity index (χ1) is 17.5. The number of hydrogen-bond acceptors (Lipinski definition) is 3. The Balaban J connectivity index is 1.55.